The average molecular weight is 339 g/mol. The zero-order chi connectivity index (χ0) is 16.9. The van der Waals surface area contributed by atoms with Gasteiger partial charge in [0, 0.05) is 5.56 Å². The minimum absolute atomic E-state index is 0.0980. The Bertz CT molecular complexity index is 835. The van der Waals surface area contributed by atoms with Gasteiger partial charge >= 0.3 is 6.18 Å². The van der Waals surface area contributed by atoms with Crippen LogP contribution in [0.25, 0.3) is 0 Å². The third-order valence-corrected chi connectivity index (χ3v) is 4.24. The number of rotatable bonds is 3. The predicted octanol–water partition coefficient (Wildman–Crippen LogP) is 3.04. The highest BCUT2D eigenvalue weighted by molar-refractivity contribution is 7.89. The molecular weight excluding hydrogens is 327 g/mol. The predicted molar refractivity (Wildman–Crippen MR) is 80.0 cm³/mol. The second kappa shape index (κ2) is 6.86. The fourth-order valence-electron chi connectivity index (χ4n) is 1.73. The number of benzene rings is 2. The number of hydrogen-bond donors (Lipinski definition) is 1. The quantitative estimate of drug-likeness (QED) is 0.874. The van der Waals surface area contributed by atoms with Crippen molar-refractivity contribution in [1.29, 1.82) is 0 Å². The van der Waals surface area contributed by atoms with Gasteiger partial charge in [-0.05, 0) is 30.3 Å². The lowest BCUT2D eigenvalue weighted by molar-refractivity contribution is -0.137. The number of alkyl halides is 3. The summed E-state index contributed by atoms with van der Waals surface area (Å²) in [6.45, 7) is -0.201. The molecule has 0 radical (unpaired) electrons. The van der Waals surface area contributed by atoms with Crippen molar-refractivity contribution in [1.82, 2.24) is 4.72 Å². The third-order valence-electron chi connectivity index (χ3n) is 2.83. The SMILES string of the molecule is O=S(=O)(NCC#Cc1cccc(C(F)(F)F)c1)c1ccccc1. The molecule has 2 aromatic carbocycles. The molecule has 0 heterocycles. The van der Waals surface area contributed by atoms with Crippen molar-refractivity contribution in [3.05, 3.63) is 65.7 Å². The van der Waals surface area contributed by atoms with Crippen LogP contribution in [0.2, 0.25) is 0 Å². The van der Waals surface area contributed by atoms with Gasteiger partial charge in [-0.15, -0.1) is 0 Å². The smallest absolute Gasteiger partial charge is 0.207 e. The van der Waals surface area contributed by atoms with Crippen LogP contribution >= 0.6 is 0 Å². The molecule has 0 bridgehead atoms. The van der Waals surface area contributed by atoms with Gasteiger partial charge in [0.25, 0.3) is 0 Å². The maximum Gasteiger partial charge on any atom is 0.416 e. The molecule has 2 rings (SSSR count). The number of sulfonamides is 1. The van der Waals surface area contributed by atoms with Crippen molar-refractivity contribution in [3.8, 4) is 11.8 Å². The molecule has 0 unspecified atom stereocenters. The monoisotopic (exact) mass is 339 g/mol. The maximum absolute atomic E-state index is 12.6. The van der Waals surface area contributed by atoms with Gasteiger partial charge in [-0.3, -0.25) is 0 Å². The van der Waals surface area contributed by atoms with Crippen LogP contribution < -0.4 is 4.72 Å². The van der Waals surface area contributed by atoms with E-state index in [9.17, 15) is 21.6 Å². The molecule has 3 nitrogen and oxygen atoms in total. The summed E-state index contributed by atoms with van der Waals surface area (Å²) in [5.74, 6) is 5.00. The fourth-order valence-corrected chi connectivity index (χ4v) is 2.68. The summed E-state index contributed by atoms with van der Waals surface area (Å²) in [6.07, 6.45) is -4.44. The lowest BCUT2D eigenvalue weighted by Crippen LogP contribution is -2.23. The Labute approximate surface area is 132 Å². The first-order valence-corrected chi connectivity index (χ1v) is 7.98. The van der Waals surface area contributed by atoms with Gasteiger partial charge in [0.05, 0.1) is 17.0 Å². The van der Waals surface area contributed by atoms with Crippen LogP contribution in [0.5, 0.6) is 0 Å². The molecular formula is C16H12F3NO2S. The summed E-state index contributed by atoms with van der Waals surface area (Å²) in [7, 11) is -3.68. The zero-order valence-corrected chi connectivity index (χ0v) is 12.6. The van der Waals surface area contributed by atoms with Crippen molar-refractivity contribution in [2.75, 3.05) is 6.54 Å². The Morgan fingerprint density at radius 3 is 2.35 bits per heavy atom. The van der Waals surface area contributed by atoms with Gasteiger partial charge in [-0.1, -0.05) is 36.1 Å². The molecule has 7 heteroatoms. The number of hydrogen-bond acceptors (Lipinski definition) is 2. The van der Waals surface area contributed by atoms with Crippen LogP contribution in [0.15, 0.2) is 59.5 Å². The third kappa shape index (κ3) is 4.84. The first-order chi connectivity index (χ1) is 10.8. The molecule has 120 valence electrons. The molecule has 0 aliphatic heterocycles. The first-order valence-electron chi connectivity index (χ1n) is 6.50. The summed E-state index contributed by atoms with van der Waals surface area (Å²) in [5, 5.41) is 0. The highest BCUT2D eigenvalue weighted by atomic mass is 32.2. The molecule has 23 heavy (non-hydrogen) atoms. The van der Waals surface area contributed by atoms with E-state index in [0.29, 0.717) is 0 Å². The highest BCUT2D eigenvalue weighted by Crippen LogP contribution is 2.29. The number of nitrogens with one attached hydrogen (secondary N) is 1. The Morgan fingerprint density at radius 2 is 1.70 bits per heavy atom. The largest absolute Gasteiger partial charge is 0.416 e. The minimum Gasteiger partial charge on any atom is -0.207 e. The van der Waals surface area contributed by atoms with Crippen molar-refractivity contribution in [3.63, 3.8) is 0 Å². The Hall–Kier alpha value is -2.30. The van der Waals surface area contributed by atoms with E-state index in [0.717, 1.165) is 12.1 Å². The van der Waals surface area contributed by atoms with Gasteiger partial charge in [-0.2, -0.15) is 17.9 Å². The summed E-state index contributed by atoms with van der Waals surface area (Å²) in [4.78, 5) is 0.0980. The lowest BCUT2D eigenvalue weighted by Gasteiger charge is -2.05. The Balaban J connectivity index is 2.05. The second-order valence-corrected chi connectivity index (χ2v) is 6.28. The van der Waals surface area contributed by atoms with Gasteiger partial charge in [0.15, 0.2) is 0 Å². The van der Waals surface area contributed by atoms with E-state index in [4.69, 9.17) is 0 Å². The van der Waals surface area contributed by atoms with Gasteiger partial charge in [-0.25, -0.2) is 8.42 Å². The van der Waals surface area contributed by atoms with E-state index in [1.165, 1.54) is 24.3 Å². The molecule has 0 saturated heterocycles. The zero-order valence-electron chi connectivity index (χ0n) is 11.8. The van der Waals surface area contributed by atoms with E-state index in [1.54, 1.807) is 18.2 Å². The van der Waals surface area contributed by atoms with Crippen LogP contribution in [0.4, 0.5) is 13.2 Å². The molecule has 0 amide bonds. The van der Waals surface area contributed by atoms with Crippen LogP contribution in [0.1, 0.15) is 11.1 Å². The molecule has 2 aromatic rings. The number of halogens is 3. The molecule has 1 N–H and O–H groups in total. The second-order valence-electron chi connectivity index (χ2n) is 4.52. The van der Waals surface area contributed by atoms with Crippen LogP contribution in [0, 0.1) is 11.8 Å². The summed E-state index contributed by atoms with van der Waals surface area (Å²) < 4.78 is 63.8. The fraction of sp³-hybridized carbons (Fsp3) is 0.125. The van der Waals surface area contributed by atoms with E-state index in [2.05, 4.69) is 16.6 Å². The van der Waals surface area contributed by atoms with Crippen LogP contribution in [0.3, 0.4) is 0 Å². The van der Waals surface area contributed by atoms with Gasteiger partial charge < -0.3 is 0 Å². The topological polar surface area (TPSA) is 46.2 Å². The standard InChI is InChI=1S/C16H12F3NO2S/c17-16(18,19)14-8-4-6-13(12-14)7-5-11-20-23(21,22)15-9-2-1-3-10-15/h1-4,6,8-10,12,20H,11H2. The van der Waals surface area contributed by atoms with Gasteiger partial charge in [0.1, 0.15) is 0 Å². The molecule has 0 aliphatic rings. The van der Waals surface area contributed by atoms with E-state index < -0.39 is 21.8 Å². The van der Waals surface area contributed by atoms with E-state index >= 15 is 0 Å². The van der Waals surface area contributed by atoms with Gasteiger partial charge in [0.2, 0.25) is 10.0 Å². The molecule has 0 saturated carbocycles. The van der Waals surface area contributed by atoms with Crippen LogP contribution in [-0.4, -0.2) is 15.0 Å². The molecule has 0 spiro atoms. The average Bonchev–Trinajstić information content (AvgIpc) is 2.52. The minimum atomic E-state index is -4.44. The van der Waals surface area contributed by atoms with Crippen molar-refractivity contribution < 1.29 is 21.6 Å². The summed E-state index contributed by atoms with van der Waals surface area (Å²) in [5.41, 5.74) is -0.632. The van der Waals surface area contributed by atoms with E-state index in [-0.39, 0.29) is 17.0 Å². The van der Waals surface area contributed by atoms with Crippen molar-refractivity contribution in [2.24, 2.45) is 0 Å². The Morgan fingerprint density at radius 1 is 1.00 bits per heavy atom. The van der Waals surface area contributed by atoms with Crippen molar-refractivity contribution in [2.45, 2.75) is 11.1 Å². The maximum atomic E-state index is 12.6. The first kappa shape index (κ1) is 17.1. The van der Waals surface area contributed by atoms with Crippen molar-refractivity contribution >= 4 is 10.0 Å². The molecule has 0 aromatic heterocycles. The van der Waals surface area contributed by atoms with E-state index in [1.807, 2.05) is 0 Å². The highest BCUT2D eigenvalue weighted by Gasteiger charge is 2.30. The molecule has 0 atom stereocenters. The lowest BCUT2D eigenvalue weighted by atomic mass is 10.1. The molecule has 0 fully saturated rings. The molecule has 0 aliphatic carbocycles. The van der Waals surface area contributed by atoms with Crippen LogP contribution in [-0.2, 0) is 16.2 Å². The normalized spacial score (nSPS) is 11.6. The summed E-state index contributed by atoms with van der Waals surface area (Å²) in [6, 6.07) is 12.3. The summed E-state index contributed by atoms with van der Waals surface area (Å²) >= 11 is 0. The Kier molecular flexibility index (Phi) is 5.08.